The molecule has 0 aromatic carbocycles. The molecule has 0 aliphatic carbocycles. The first-order valence-corrected chi connectivity index (χ1v) is 6.50. The standard InChI is InChI=1S/C13H23NO4/c1-7(5-6-11(15)16)14-13(17)12-8(2)9(3)18-10(12)4/h7-10,12H,5-6H2,1-4H3,(H,14,17)(H,15,16). The number of carboxylic acid groups (broad SMARTS) is 1. The third-order valence-corrected chi connectivity index (χ3v) is 3.72. The highest BCUT2D eigenvalue weighted by Crippen LogP contribution is 2.32. The molecule has 2 N–H and O–H groups in total. The SMILES string of the molecule is CC(CCC(=O)O)NC(=O)C1C(C)OC(C)C1C. The van der Waals surface area contributed by atoms with Crippen LogP contribution in [-0.4, -0.2) is 35.2 Å². The van der Waals surface area contributed by atoms with E-state index in [1.54, 1.807) is 0 Å². The summed E-state index contributed by atoms with van der Waals surface area (Å²) >= 11 is 0. The minimum absolute atomic E-state index is 0.0303. The number of rotatable bonds is 5. The van der Waals surface area contributed by atoms with Gasteiger partial charge in [-0.25, -0.2) is 0 Å². The zero-order chi connectivity index (χ0) is 13.9. The first-order valence-electron chi connectivity index (χ1n) is 6.50. The summed E-state index contributed by atoms with van der Waals surface area (Å²) < 4.78 is 5.63. The van der Waals surface area contributed by atoms with Gasteiger partial charge in [0.1, 0.15) is 0 Å². The fraction of sp³-hybridized carbons (Fsp3) is 0.846. The van der Waals surface area contributed by atoms with Crippen molar-refractivity contribution in [2.45, 2.75) is 58.8 Å². The molecule has 5 nitrogen and oxygen atoms in total. The van der Waals surface area contributed by atoms with Crippen molar-refractivity contribution in [2.24, 2.45) is 11.8 Å². The first-order chi connectivity index (χ1) is 8.32. The normalized spacial score (nSPS) is 33.1. The largest absolute Gasteiger partial charge is 0.481 e. The monoisotopic (exact) mass is 257 g/mol. The third-order valence-electron chi connectivity index (χ3n) is 3.72. The van der Waals surface area contributed by atoms with Gasteiger partial charge in [-0.1, -0.05) is 6.92 Å². The molecule has 1 heterocycles. The van der Waals surface area contributed by atoms with Crippen molar-refractivity contribution in [3.8, 4) is 0 Å². The molecule has 1 amide bonds. The lowest BCUT2D eigenvalue weighted by molar-refractivity contribution is -0.137. The van der Waals surface area contributed by atoms with Crippen LogP contribution in [0.5, 0.6) is 0 Å². The van der Waals surface area contributed by atoms with Crippen molar-refractivity contribution in [3.63, 3.8) is 0 Å². The molecule has 0 spiro atoms. The number of aliphatic carboxylic acids is 1. The Kier molecular flexibility index (Phi) is 5.14. The molecule has 1 aliphatic rings. The molecule has 1 saturated heterocycles. The number of carboxylic acids is 1. The van der Waals surface area contributed by atoms with E-state index in [0.717, 1.165) is 0 Å². The highest BCUT2D eigenvalue weighted by Gasteiger charge is 2.41. The van der Waals surface area contributed by atoms with Gasteiger partial charge in [0, 0.05) is 12.5 Å². The van der Waals surface area contributed by atoms with Gasteiger partial charge in [0.15, 0.2) is 0 Å². The van der Waals surface area contributed by atoms with E-state index in [1.807, 2.05) is 27.7 Å². The average molecular weight is 257 g/mol. The molecule has 5 heteroatoms. The maximum absolute atomic E-state index is 12.1. The summed E-state index contributed by atoms with van der Waals surface area (Å²) in [6, 6.07) is -0.121. The van der Waals surface area contributed by atoms with Crippen LogP contribution in [0.1, 0.15) is 40.5 Å². The van der Waals surface area contributed by atoms with Crippen molar-refractivity contribution in [1.29, 1.82) is 0 Å². The highest BCUT2D eigenvalue weighted by molar-refractivity contribution is 5.80. The number of amides is 1. The predicted octanol–water partition coefficient (Wildman–Crippen LogP) is 1.42. The Bertz CT molecular complexity index is 318. The van der Waals surface area contributed by atoms with Crippen LogP contribution in [0.15, 0.2) is 0 Å². The third kappa shape index (κ3) is 3.70. The van der Waals surface area contributed by atoms with Crippen LogP contribution in [0.25, 0.3) is 0 Å². The second-order valence-electron chi connectivity index (χ2n) is 5.27. The van der Waals surface area contributed by atoms with Crippen molar-refractivity contribution in [2.75, 3.05) is 0 Å². The van der Waals surface area contributed by atoms with Crippen LogP contribution in [0.2, 0.25) is 0 Å². The highest BCUT2D eigenvalue weighted by atomic mass is 16.5. The van der Waals surface area contributed by atoms with Crippen molar-refractivity contribution in [3.05, 3.63) is 0 Å². The zero-order valence-corrected chi connectivity index (χ0v) is 11.5. The van der Waals surface area contributed by atoms with Gasteiger partial charge >= 0.3 is 5.97 Å². The Morgan fingerprint density at radius 2 is 1.89 bits per heavy atom. The first kappa shape index (κ1) is 15.0. The lowest BCUT2D eigenvalue weighted by atomic mass is 9.88. The molecular weight excluding hydrogens is 234 g/mol. The van der Waals surface area contributed by atoms with E-state index < -0.39 is 5.97 Å². The van der Waals surface area contributed by atoms with E-state index in [-0.39, 0.29) is 42.4 Å². The molecular formula is C13H23NO4. The molecule has 0 aromatic rings. The van der Waals surface area contributed by atoms with Gasteiger partial charge in [0.05, 0.1) is 18.1 Å². The summed E-state index contributed by atoms with van der Waals surface area (Å²) in [6.45, 7) is 7.73. The molecule has 0 saturated carbocycles. The average Bonchev–Trinajstić information content (AvgIpc) is 2.50. The number of nitrogens with one attached hydrogen (secondary N) is 1. The zero-order valence-electron chi connectivity index (χ0n) is 11.5. The van der Waals surface area contributed by atoms with Gasteiger partial charge in [-0.05, 0) is 33.1 Å². The van der Waals surface area contributed by atoms with Crippen LogP contribution in [0.3, 0.4) is 0 Å². The van der Waals surface area contributed by atoms with Crippen LogP contribution in [-0.2, 0) is 14.3 Å². The van der Waals surface area contributed by atoms with Crippen LogP contribution >= 0.6 is 0 Å². The van der Waals surface area contributed by atoms with E-state index >= 15 is 0 Å². The minimum atomic E-state index is -0.837. The van der Waals surface area contributed by atoms with Crippen LogP contribution in [0, 0.1) is 11.8 Å². The Morgan fingerprint density at radius 1 is 1.28 bits per heavy atom. The summed E-state index contributed by atoms with van der Waals surface area (Å²) in [5.74, 6) is -0.827. The number of ether oxygens (including phenoxy) is 1. The minimum Gasteiger partial charge on any atom is -0.481 e. The Hall–Kier alpha value is -1.10. The van der Waals surface area contributed by atoms with Gasteiger partial charge in [-0.2, -0.15) is 0 Å². The fourth-order valence-corrected chi connectivity index (χ4v) is 2.47. The van der Waals surface area contributed by atoms with Gasteiger partial charge in [0.2, 0.25) is 5.91 Å². The lowest BCUT2D eigenvalue weighted by Gasteiger charge is -2.21. The summed E-state index contributed by atoms with van der Waals surface area (Å²) in [7, 11) is 0. The van der Waals surface area contributed by atoms with Gasteiger partial charge in [-0.15, -0.1) is 0 Å². The molecule has 0 radical (unpaired) electrons. The molecule has 1 aliphatic heterocycles. The van der Waals surface area contributed by atoms with E-state index in [2.05, 4.69) is 5.32 Å². The topological polar surface area (TPSA) is 75.6 Å². The quantitative estimate of drug-likeness (QED) is 0.781. The summed E-state index contributed by atoms with van der Waals surface area (Å²) in [5, 5.41) is 11.5. The Labute approximate surface area is 108 Å². The van der Waals surface area contributed by atoms with Crippen molar-refractivity contribution >= 4 is 11.9 Å². The number of hydrogen-bond donors (Lipinski definition) is 2. The molecule has 1 fully saturated rings. The van der Waals surface area contributed by atoms with E-state index in [1.165, 1.54) is 0 Å². The van der Waals surface area contributed by atoms with Gasteiger partial charge in [0.25, 0.3) is 0 Å². The molecule has 104 valence electrons. The fourth-order valence-electron chi connectivity index (χ4n) is 2.47. The maximum atomic E-state index is 12.1. The summed E-state index contributed by atoms with van der Waals surface area (Å²) in [4.78, 5) is 22.6. The second-order valence-corrected chi connectivity index (χ2v) is 5.27. The van der Waals surface area contributed by atoms with Crippen molar-refractivity contribution in [1.82, 2.24) is 5.32 Å². The summed E-state index contributed by atoms with van der Waals surface area (Å²) in [6.07, 6.45) is 0.531. The molecule has 0 aromatic heterocycles. The number of carbonyl (C=O) groups is 2. The second kappa shape index (κ2) is 6.18. The number of hydrogen-bond acceptors (Lipinski definition) is 3. The molecule has 0 bridgehead atoms. The smallest absolute Gasteiger partial charge is 0.303 e. The number of carbonyl (C=O) groups excluding carboxylic acids is 1. The van der Waals surface area contributed by atoms with Crippen molar-refractivity contribution < 1.29 is 19.4 Å². The van der Waals surface area contributed by atoms with Crippen LogP contribution in [0.4, 0.5) is 0 Å². The van der Waals surface area contributed by atoms with Gasteiger partial charge in [-0.3, -0.25) is 9.59 Å². The maximum Gasteiger partial charge on any atom is 0.303 e. The van der Waals surface area contributed by atoms with E-state index in [9.17, 15) is 9.59 Å². The van der Waals surface area contributed by atoms with E-state index in [4.69, 9.17) is 9.84 Å². The Balaban J connectivity index is 2.47. The lowest BCUT2D eigenvalue weighted by Crippen LogP contribution is -2.41. The molecule has 1 rings (SSSR count). The molecule has 18 heavy (non-hydrogen) atoms. The summed E-state index contributed by atoms with van der Waals surface area (Å²) in [5.41, 5.74) is 0. The predicted molar refractivity (Wildman–Crippen MR) is 67.1 cm³/mol. The Morgan fingerprint density at radius 3 is 2.33 bits per heavy atom. The van der Waals surface area contributed by atoms with E-state index in [0.29, 0.717) is 6.42 Å². The molecule has 5 unspecified atom stereocenters. The van der Waals surface area contributed by atoms with Crippen LogP contribution < -0.4 is 5.32 Å². The van der Waals surface area contributed by atoms with Gasteiger partial charge < -0.3 is 15.2 Å². The molecule has 5 atom stereocenters.